The number of carbonyl (C=O) groups is 2. The predicted octanol–water partition coefficient (Wildman–Crippen LogP) is 2.32. The zero-order chi connectivity index (χ0) is 32.4. The molecular formula is C33H60N4O7. The number of methoxy groups -OCH3 is 1. The number of hydrogen-bond acceptors (Lipinski definition) is 11. The first-order valence-electron chi connectivity index (χ1n) is 16.9. The summed E-state index contributed by atoms with van der Waals surface area (Å²) in [4.78, 5) is 37.4. The summed E-state index contributed by atoms with van der Waals surface area (Å²) in [5.41, 5.74) is -1.37. The van der Waals surface area contributed by atoms with Gasteiger partial charge in [0.25, 0.3) is 0 Å². The van der Waals surface area contributed by atoms with E-state index in [1.165, 1.54) is 0 Å². The maximum atomic E-state index is 14.2. The van der Waals surface area contributed by atoms with Crippen molar-refractivity contribution in [1.82, 2.24) is 19.6 Å². The molecule has 4 fully saturated rings. The van der Waals surface area contributed by atoms with E-state index in [0.29, 0.717) is 6.42 Å². The molecule has 4 saturated heterocycles. The van der Waals surface area contributed by atoms with Crippen LogP contribution in [0.25, 0.3) is 0 Å². The van der Waals surface area contributed by atoms with Gasteiger partial charge >= 0.3 is 5.97 Å². The van der Waals surface area contributed by atoms with E-state index in [1.54, 1.807) is 21.0 Å². The van der Waals surface area contributed by atoms with Crippen LogP contribution >= 0.6 is 0 Å². The van der Waals surface area contributed by atoms with E-state index in [4.69, 9.17) is 23.7 Å². The summed E-state index contributed by atoms with van der Waals surface area (Å²) in [6.45, 7) is 21.5. The number of piperazine rings is 1. The van der Waals surface area contributed by atoms with E-state index >= 15 is 0 Å². The van der Waals surface area contributed by atoms with Crippen molar-refractivity contribution in [2.24, 2.45) is 17.3 Å². The highest BCUT2D eigenvalue weighted by molar-refractivity contribution is 6.04. The van der Waals surface area contributed by atoms with Gasteiger partial charge in [-0.2, -0.15) is 0 Å². The van der Waals surface area contributed by atoms with Crippen molar-refractivity contribution in [3.63, 3.8) is 0 Å². The summed E-state index contributed by atoms with van der Waals surface area (Å²) in [5.74, 6) is -2.54. The summed E-state index contributed by atoms with van der Waals surface area (Å²) < 4.78 is 32.3. The normalized spacial score (nSPS) is 40.3. The molecule has 11 heteroatoms. The highest BCUT2D eigenvalue weighted by atomic mass is 16.8. The highest BCUT2D eigenvalue weighted by Crippen LogP contribution is 2.44. The topological polar surface area (TPSA) is 93.2 Å². The molecule has 254 valence electrons. The molecule has 0 amide bonds. The molecule has 11 nitrogen and oxygen atoms in total. The number of nitrogens with zero attached hydrogens (tertiary/aromatic N) is 4. The van der Waals surface area contributed by atoms with Crippen molar-refractivity contribution in [2.75, 3.05) is 80.2 Å². The van der Waals surface area contributed by atoms with Crippen LogP contribution in [0.3, 0.4) is 0 Å². The van der Waals surface area contributed by atoms with E-state index in [-0.39, 0.29) is 36.5 Å². The van der Waals surface area contributed by atoms with Gasteiger partial charge in [-0.25, -0.2) is 0 Å². The fraction of sp³-hybridized carbons (Fsp3) is 0.939. The Balaban J connectivity index is 1.68. The third-order valence-electron chi connectivity index (χ3n) is 10.5. The van der Waals surface area contributed by atoms with Crippen LogP contribution in [0.2, 0.25) is 0 Å². The Kier molecular flexibility index (Phi) is 11.9. The Bertz CT molecular complexity index is 974. The maximum absolute atomic E-state index is 14.2. The van der Waals surface area contributed by atoms with E-state index < -0.39 is 41.6 Å². The van der Waals surface area contributed by atoms with Crippen molar-refractivity contribution in [1.29, 1.82) is 0 Å². The Labute approximate surface area is 265 Å². The number of ketones is 1. The average molecular weight is 625 g/mol. The monoisotopic (exact) mass is 624 g/mol. The van der Waals surface area contributed by atoms with Crippen LogP contribution in [0.4, 0.5) is 0 Å². The van der Waals surface area contributed by atoms with Crippen LogP contribution in [0.15, 0.2) is 0 Å². The van der Waals surface area contributed by atoms with E-state index in [2.05, 4.69) is 40.4 Å². The Morgan fingerprint density at radius 3 is 2.23 bits per heavy atom. The minimum Gasteiger partial charge on any atom is -0.463 e. The van der Waals surface area contributed by atoms with E-state index in [0.717, 1.165) is 58.8 Å². The van der Waals surface area contributed by atoms with Gasteiger partial charge in [0.15, 0.2) is 17.9 Å². The summed E-state index contributed by atoms with van der Waals surface area (Å²) in [6, 6.07) is 0.0518. The Morgan fingerprint density at radius 2 is 1.64 bits per heavy atom. The Morgan fingerprint density at radius 1 is 0.977 bits per heavy atom. The number of hydrogen-bond donors (Lipinski definition) is 0. The molecule has 4 aliphatic heterocycles. The number of Topliss-reactive ketones (excluding diaryl/α,β-unsaturated/α-hetero) is 1. The quantitative estimate of drug-likeness (QED) is 0.322. The molecule has 4 aliphatic rings. The molecule has 0 aromatic heterocycles. The molecule has 0 saturated carbocycles. The van der Waals surface area contributed by atoms with Gasteiger partial charge in [0, 0.05) is 64.8 Å². The summed E-state index contributed by atoms with van der Waals surface area (Å²) in [5, 5.41) is 0. The van der Waals surface area contributed by atoms with Crippen LogP contribution in [-0.2, 0) is 33.3 Å². The SMILES string of the molecule is CCN1CCN(C[C@H]2COC(=O)C(C)(C)C(=O)[C@H](C)[C@H]3O[C@@H]4O[C@H](C)C[C@H](N(C)C)[C@H]4O[C@@]3(OC)C[C@@H](C)CN2CC)CC1. The molecule has 4 rings (SSSR count). The lowest BCUT2D eigenvalue weighted by Crippen LogP contribution is -2.69. The fourth-order valence-electron chi connectivity index (χ4n) is 7.73. The van der Waals surface area contributed by atoms with Crippen molar-refractivity contribution < 1.29 is 33.3 Å². The predicted molar refractivity (Wildman–Crippen MR) is 168 cm³/mol. The zero-order valence-electron chi connectivity index (χ0n) is 29.0. The van der Waals surface area contributed by atoms with E-state index in [1.807, 2.05) is 27.9 Å². The third kappa shape index (κ3) is 7.51. The molecule has 44 heavy (non-hydrogen) atoms. The van der Waals surface area contributed by atoms with Crippen LogP contribution in [0.1, 0.15) is 61.3 Å². The number of likely N-dealkylation sites (N-methyl/N-ethyl adjacent to an activating group) is 3. The van der Waals surface area contributed by atoms with Gasteiger partial charge in [-0.05, 0) is 60.3 Å². The molecule has 0 aromatic carbocycles. The van der Waals surface area contributed by atoms with Gasteiger partial charge in [-0.1, -0.05) is 27.7 Å². The summed E-state index contributed by atoms with van der Waals surface area (Å²) in [7, 11) is 5.73. The second-order valence-electron chi connectivity index (χ2n) is 14.4. The molecule has 9 atom stereocenters. The van der Waals surface area contributed by atoms with Crippen molar-refractivity contribution in [3.05, 3.63) is 0 Å². The minimum absolute atomic E-state index is 0.00259. The fourth-order valence-corrected chi connectivity index (χ4v) is 7.73. The molecule has 0 unspecified atom stereocenters. The zero-order valence-corrected chi connectivity index (χ0v) is 29.0. The molecule has 0 aliphatic carbocycles. The third-order valence-corrected chi connectivity index (χ3v) is 10.5. The molecule has 0 bridgehead atoms. The largest absolute Gasteiger partial charge is 0.463 e. The number of esters is 1. The molecule has 0 spiro atoms. The first-order valence-corrected chi connectivity index (χ1v) is 16.9. The maximum Gasteiger partial charge on any atom is 0.319 e. The van der Waals surface area contributed by atoms with Gasteiger partial charge in [-0.3, -0.25) is 19.4 Å². The van der Waals surface area contributed by atoms with E-state index in [9.17, 15) is 9.59 Å². The first kappa shape index (κ1) is 35.7. The minimum atomic E-state index is -1.37. The van der Waals surface area contributed by atoms with Gasteiger partial charge in [-0.15, -0.1) is 0 Å². The number of ether oxygens (including phenoxy) is 5. The smallest absolute Gasteiger partial charge is 0.319 e. The van der Waals surface area contributed by atoms with Gasteiger partial charge in [0.1, 0.15) is 24.2 Å². The number of fused-ring (bicyclic) bond motifs is 2. The Hall–Kier alpha value is -1.18. The molecular weight excluding hydrogens is 564 g/mol. The number of cyclic esters (lactones) is 1. The lowest BCUT2D eigenvalue weighted by molar-refractivity contribution is -0.424. The van der Waals surface area contributed by atoms with Crippen molar-refractivity contribution in [2.45, 2.75) is 104 Å². The molecule has 0 radical (unpaired) electrons. The molecule has 0 N–H and O–H groups in total. The highest BCUT2D eigenvalue weighted by Gasteiger charge is 2.59. The summed E-state index contributed by atoms with van der Waals surface area (Å²) in [6.07, 6.45) is -0.530. The molecule has 0 aromatic rings. The standard InChI is InChI=1S/C33H60N4O7/c1-11-35-13-15-36(16-14-35)20-25-21-41-31(39)32(6,7)28(38)24(5)29-33(40-10,18-22(3)19-37(25)12-2)44-27-26(34(8)9)17-23(4)42-30(27)43-29/h22-27,29-30H,11-21H2,1-10H3/t22-,23-,24+,25+,26+,27-,29-,30+,33+/m1/s1. The van der Waals surface area contributed by atoms with Crippen LogP contribution in [0, 0.1) is 17.3 Å². The second-order valence-corrected chi connectivity index (χ2v) is 14.4. The lowest BCUT2D eigenvalue weighted by atomic mass is 9.76. The van der Waals surface area contributed by atoms with Crippen LogP contribution in [-0.4, -0.2) is 154 Å². The average Bonchev–Trinajstić information content (AvgIpc) is 3.00. The second kappa shape index (κ2) is 14.7. The van der Waals surface area contributed by atoms with Crippen LogP contribution in [0.5, 0.6) is 0 Å². The van der Waals surface area contributed by atoms with Crippen molar-refractivity contribution >= 4 is 11.8 Å². The van der Waals surface area contributed by atoms with Gasteiger partial charge in [0.05, 0.1) is 12.1 Å². The van der Waals surface area contributed by atoms with Crippen molar-refractivity contribution in [3.8, 4) is 0 Å². The summed E-state index contributed by atoms with van der Waals surface area (Å²) >= 11 is 0. The van der Waals surface area contributed by atoms with Gasteiger partial charge < -0.3 is 33.5 Å². The lowest BCUT2D eigenvalue weighted by Gasteiger charge is -2.55. The number of rotatable bonds is 6. The first-order chi connectivity index (χ1) is 20.8. The molecule has 4 heterocycles. The number of carbonyl (C=O) groups excluding carboxylic acids is 2. The van der Waals surface area contributed by atoms with Crippen LogP contribution < -0.4 is 0 Å². The van der Waals surface area contributed by atoms with Gasteiger partial charge in [0.2, 0.25) is 0 Å².